The molecule has 1 aromatic heterocycles. The fourth-order valence-corrected chi connectivity index (χ4v) is 4.25. The summed E-state index contributed by atoms with van der Waals surface area (Å²) in [6.45, 7) is 0.521. The van der Waals surface area contributed by atoms with Crippen LogP contribution in [0.25, 0.3) is 0 Å². The Morgan fingerprint density at radius 3 is 2.29 bits per heavy atom. The van der Waals surface area contributed by atoms with Crippen LogP contribution in [0.3, 0.4) is 0 Å². The van der Waals surface area contributed by atoms with Crippen LogP contribution in [0.5, 0.6) is 11.5 Å². The molecule has 0 aliphatic rings. The number of nitrogens with one attached hydrogen (secondary N) is 2. The molecule has 156 valence electrons. The lowest BCUT2D eigenvalue weighted by Gasteiger charge is -2.07. The number of aromatic nitrogens is 2. The summed E-state index contributed by atoms with van der Waals surface area (Å²) in [5.74, 6) is 1.81. The summed E-state index contributed by atoms with van der Waals surface area (Å²) in [6, 6.07) is 27.1. The number of hydrogen-bond acceptors (Lipinski definition) is 7. The van der Waals surface area contributed by atoms with Crippen LogP contribution in [0.1, 0.15) is 5.56 Å². The number of hydrogen-bond donors (Lipinski definition) is 2. The summed E-state index contributed by atoms with van der Waals surface area (Å²) in [5, 5.41) is 15.1. The number of rotatable bonds is 9. The Balaban J connectivity index is 1.23. The van der Waals surface area contributed by atoms with Crippen LogP contribution in [0, 0.1) is 0 Å². The minimum absolute atomic E-state index is 0.0347. The standard InChI is InChI=1S/C23H20N4O2S2/c28-21(24-15-17-7-3-1-4-8-17)16-30-23-27-26-22(31-23)25-18-11-13-20(14-12-18)29-19-9-5-2-6-10-19/h1-14H,15-16H2,(H,24,28)(H,25,26). The van der Waals surface area contributed by atoms with E-state index < -0.39 is 0 Å². The number of carbonyl (C=O) groups is 1. The van der Waals surface area contributed by atoms with Crippen molar-refractivity contribution in [2.24, 2.45) is 0 Å². The number of carbonyl (C=O) groups excluding carboxylic acids is 1. The highest BCUT2D eigenvalue weighted by atomic mass is 32.2. The van der Waals surface area contributed by atoms with Crippen LogP contribution in [0.2, 0.25) is 0 Å². The predicted octanol–water partition coefficient (Wildman–Crippen LogP) is 5.48. The molecule has 0 radical (unpaired) electrons. The van der Waals surface area contributed by atoms with Crippen LogP contribution in [-0.4, -0.2) is 21.9 Å². The Labute approximate surface area is 188 Å². The van der Waals surface area contributed by atoms with E-state index in [1.165, 1.54) is 23.1 Å². The number of thioether (sulfide) groups is 1. The molecule has 0 atom stereocenters. The molecule has 0 saturated heterocycles. The average Bonchev–Trinajstić information content (AvgIpc) is 3.26. The molecule has 3 aromatic carbocycles. The molecule has 0 saturated carbocycles. The van der Waals surface area contributed by atoms with Gasteiger partial charge in [0.1, 0.15) is 11.5 Å². The number of benzene rings is 3. The first-order valence-corrected chi connectivity index (χ1v) is 11.4. The number of para-hydroxylation sites is 1. The largest absolute Gasteiger partial charge is 0.457 e. The Bertz CT molecular complexity index is 1100. The molecular formula is C23H20N4O2S2. The number of amides is 1. The highest BCUT2D eigenvalue weighted by molar-refractivity contribution is 8.01. The van der Waals surface area contributed by atoms with Gasteiger partial charge in [0.2, 0.25) is 11.0 Å². The topological polar surface area (TPSA) is 76.1 Å². The van der Waals surface area contributed by atoms with Gasteiger partial charge in [-0.3, -0.25) is 4.79 Å². The van der Waals surface area contributed by atoms with Gasteiger partial charge in [-0.2, -0.15) is 0 Å². The third-order valence-corrected chi connectivity index (χ3v) is 6.12. The molecule has 8 heteroatoms. The van der Waals surface area contributed by atoms with Gasteiger partial charge >= 0.3 is 0 Å². The van der Waals surface area contributed by atoms with E-state index in [0.717, 1.165) is 27.1 Å². The van der Waals surface area contributed by atoms with Crippen molar-refractivity contribution in [2.45, 2.75) is 10.9 Å². The normalized spacial score (nSPS) is 10.5. The van der Waals surface area contributed by atoms with Gasteiger partial charge in [-0.05, 0) is 42.0 Å². The Kier molecular flexibility index (Phi) is 7.15. The van der Waals surface area contributed by atoms with E-state index in [4.69, 9.17) is 4.74 Å². The molecule has 2 N–H and O–H groups in total. The van der Waals surface area contributed by atoms with Crippen molar-refractivity contribution >= 4 is 39.8 Å². The van der Waals surface area contributed by atoms with Gasteiger partial charge in [-0.1, -0.05) is 71.6 Å². The molecule has 6 nitrogen and oxygen atoms in total. The van der Waals surface area contributed by atoms with Crippen molar-refractivity contribution in [3.63, 3.8) is 0 Å². The summed E-state index contributed by atoms with van der Waals surface area (Å²) < 4.78 is 6.53. The van der Waals surface area contributed by atoms with Crippen molar-refractivity contribution in [1.29, 1.82) is 0 Å². The SMILES string of the molecule is O=C(CSc1nnc(Nc2ccc(Oc3ccccc3)cc2)s1)NCc1ccccc1. The van der Waals surface area contributed by atoms with Crippen LogP contribution >= 0.6 is 23.1 Å². The van der Waals surface area contributed by atoms with Crippen molar-refractivity contribution in [2.75, 3.05) is 11.1 Å². The van der Waals surface area contributed by atoms with Crippen molar-refractivity contribution in [3.05, 3.63) is 90.5 Å². The maximum atomic E-state index is 12.0. The van der Waals surface area contributed by atoms with E-state index in [1.54, 1.807) is 0 Å². The van der Waals surface area contributed by atoms with Crippen LogP contribution in [0.15, 0.2) is 89.3 Å². The Hall–Kier alpha value is -3.36. The molecule has 0 fully saturated rings. The van der Waals surface area contributed by atoms with Gasteiger partial charge < -0.3 is 15.4 Å². The molecule has 0 unspecified atom stereocenters. The van der Waals surface area contributed by atoms with Gasteiger partial charge in [0.05, 0.1) is 5.75 Å². The molecule has 0 spiro atoms. The third kappa shape index (κ3) is 6.56. The van der Waals surface area contributed by atoms with Gasteiger partial charge in [0, 0.05) is 12.2 Å². The zero-order valence-electron chi connectivity index (χ0n) is 16.5. The third-order valence-electron chi connectivity index (χ3n) is 4.15. The van der Waals surface area contributed by atoms with Gasteiger partial charge in [0.25, 0.3) is 0 Å². The second-order valence-electron chi connectivity index (χ2n) is 6.49. The fourth-order valence-electron chi connectivity index (χ4n) is 2.65. The van der Waals surface area contributed by atoms with E-state index in [1.807, 2.05) is 84.9 Å². The second kappa shape index (κ2) is 10.6. The van der Waals surface area contributed by atoms with E-state index in [2.05, 4.69) is 20.8 Å². The van der Waals surface area contributed by atoms with E-state index in [0.29, 0.717) is 17.4 Å². The Morgan fingerprint density at radius 1 is 0.871 bits per heavy atom. The monoisotopic (exact) mass is 448 g/mol. The lowest BCUT2D eigenvalue weighted by atomic mass is 10.2. The second-order valence-corrected chi connectivity index (χ2v) is 8.69. The minimum atomic E-state index is -0.0347. The molecule has 4 rings (SSSR count). The lowest BCUT2D eigenvalue weighted by Crippen LogP contribution is -2.24. The molecule has 0 aliphatic carbocycles. The molecule has 0 bridgehead atoms. The maximum absolute atomic E-state index is 12.0. The molecular weight excluding hydrogens is 428 g/mol. The first kappa shape index (κ1) is 20.9. The van der Waals surface area contributed by atoms with Crippen LogP contribution in [-0.2, 0) is 11.3 Å². The Morgan fingerprint density at radius 2 is 1.55 bits per heavy atom. The molecule has 1 heterocycles. The lowest BCUT2D eigenvalue weighted by molar-refractivity contribution is -0.118. The zero-order valence-corrected chi connectivity index (χ0v) is 18.2. The number of nitrogens with zero attached hydrogens (tertiary/aromatic N) is 2. The number of ether oxygens (including phenoxy) is 1. The first-order valence-electron chi connectivity index (χ1n) is 9.61. The fraction of sp³-hybridized carbons (Fsp3) is 0.0870. The molecule has 0 aliphatic heterocycles. The molecule has 31 heavy (non-hydrogen) atoms. The van der Waals surface area contributed by atoms with Crippen LogP contribution < -0.4 is 15.4 Å². The van der Waals surface area contributed by atoms with E-state index >= 15 is 0 Å². The smallest absolute Gasteiger partial charge is 0.230 e. The average molecular weight is 449 g/mol. The van der Waals surface area contributed by atoms with Crippen molar-refractivity contribution in [1.82, 2.24) is 15.5 Å². The first-order chi connectivity index (χ1) is 15.2. The van der Waals surface area contributed by atoms with Crippen LogP contribution in [0.4, 0.5) is 10.8 Å². The molecule has 1 amide bonds. The summed E-state index contributed by atoms with van der Waals surface area (Å²) >= 11 is 2.78. The predicted molar refractivity (Wildman–Crippen MR) is 125 cm³/mol. The van der Waals surface area contributed by atoms with Crippen molar-refractivity contribution < 1.29 is 9.53 Å². The zero-order chi connectivity index (χ0) is 21.3. The summed E-state index contributed by atoms with van der Waals surface area (Å²) in [5.41, 5.74) is 1.96. The van der Waals surface area contributed by atoms with Gasteiger partial charge in [-0.25, -0.2) is 0 Å². The van der Waals surface area contributed by atoms with Gasteiger partial charge in [-0.15, -0.1) is 10.2 Å². The van der Waals surface area contributed by atoms with Gasteiger partial charge in [0.15, 0.2) is 4.34 Å². The maximum Gasteiger partial charge on any atom is 0.230 e. The minimum Gasteiger partial charge on any atom is -0.457 e. The summed E-state index contributed by atoms with van der Waals surface area (Å²) in [4.78, 5) is 12.0. The summed E-state index contributed by atoms with van der Waals surface area (Å²) in [7, 11) is 0. The quantitative estimate of drug-likeness (QED) is 0.330. The highest BCUT2D eigenvalue weighted by Gasteiger charge is 2.09. The van der Waals surface area contributed by atoms with E-state index in [-0.39, 0.29) is 5.91 Å². The number of anilines is 2. The highest BCUT2D eigenvalue weighted by Crippen LogP contribution is 2.29. The van der Waals surface area contributed by atoms with Crippen molar-refractivity contribution in [3.8, 4) is 11.5 Å². The summed E-state index contributed by atoms with van der Waals surface area (Å²) in [6.07, 6.45) is 0. The molecule has 4 aromatic rings. The van der Waals surface area contributed by atoms with E-state index in [9.17, 15) is 4.79 Å².